The van der Waals surface area contributed by atoms with Gasteiger partial charge in [-0.15, -0.1) is 0 Å². The molecule has 0 aliphatic rings. The van der Waals surface area contributed by atoms with Gasteiger partial charge in [0.2, 0.25) is 5.91 Å². The van der Waals surface area contributed by atoms with Crippen LogP contribution in [0.15, 0.2) is 12.3 Å². The normalized spacial score (nSPS) is 10.7. The first-order chi connectivity index (χ1) is 8.49. The van der Waals surface area contributed by atoms with Crippen molar-refractivity contribution in [3.63, 3.8) is 0 Å². The Morgan fingerprint density at radius 1 is 1.61 bits per heavy atom. The van der Waals surface area contributed by atoms with E-state index in [9.17, 15) is 13.6 Å². The number of aromatic nitrogens is 1. The highest BCUT2D eigenvalue weighted by Crippen LogP contribution is 2.19. The number of rotatable bonds is 6. The van der Waals surface area contributed by atoms with Crippen LogP contribution in [0.2, 0.25) is 5.15 Å². The van der Waals surface area contributed by atoms with Crippen molar-refractivity contribution in [3.05, 3.63) is 23.0 Å². The first kappa shape index (κ1) is 14.8. The average molecular weight is 279 g/mol. The molecule has 1 rings (SSSR count). The van der Waals surface area contributed by atoms with Gasteiger partial charge in [0.05, 0.1) is 18.7 Å². The Morgan fingerprint density at radius 2 is 2.33 bits per heavy atom. The summed E-state index contributed by atoms with van der Waals surface area (Å²) < 4.78 is 28.1. The molecule has 0 aromatic carbocycles. The van der Waals surface area contributed by atoms with Crippen LogP contribution in [-0.4, -0.2) is 30.5 Å². The summed E-state index contributed by atoms with van der Waals surface area (Å²) in [5.74, 6) is -0.362. The maximum atomic E-state index is 11.8. The first-order valence-corrected chi connectivity index (χ1v) is 5.64. The summed E-state index contributed by atoms with van der Waals surface area (Å²) in [6.07, 6.45) is -0.968. The van der Waals surface area contributed by atoms with E-state index < -0.39 is 13.0 Å². The summed E-state index contributed by atoms with van der Waals surface area (Å²) >= 11 is 5.79. The number of hydrogen-bond acceptors (Lipinski definition) is 3. The van der Waals surface area contributed by atoms with Gasteiger partial charge in [0.25, 0.3) is 6.43 Å². The van der Waals surface area contributed by atoms with Gasteiger partial charge in [-0.25, -0.2) is 13.8 Å². The molecule has 0 aliphatic carbocycles. The number of nitrogens with one attached hydrogen (secondary N) is 1. The zero-order valence-corrected chi connectivity index (χ0v) is 10.5. The average Bonchev–Trinajstić information content (AvgIpc) is 2.29. The number of carbonyl (C=O) groups is 1. The molecule has 0 spiro atoms. The second kappa shape index (κ2) is 7.23. The molecule has 7 heteroatoms. The lowest BCUT2D eigenvalue weighted by molar-refractivity contribution is -0.117. The molecule has 18 heavy (non-hydrogen) atoms. The van der Waals surface area contributed by atoms with Crippen LogP contribution in [-0.2, 0) is 9.53 Å². The summed E-state index contributed by atoms with van der Waals surface area (Å²) in [5.41, 5.74) is 1.25. The van der Waals surface area contributed by atoms with E-state index >= 15 is 0 Å². The third-order valence-corrected chi connectivity index (χ3v) is 2.27. The minimum atomic E-state index is -2.52. The van der Waals surface area contributed by atoms with Crippen LogP contribution < -0.4 is 5.32 Å². The van der Waals surface area contributed by atoms with Crippen LogP contribution in [0.3, 0.4) is 0 Å². The van der Waals surface area contributed by atoms with Crippen molar-refractivity contribution in [2.24, 2.45) is 0 Å². The Kier molecular flexibility index (Phi) is 5.94. The van der Waals surface area contributed by atoms with Gasteiger partial charge in [0, 0.05) is 6.20 Å². The van der Waals surface area contributed by atoms with Gasteiger partial charge in [-0.05, 0) is 18.6 Å². The Balaban J connectivity index is 2.38. The summed E-state index contributed by atoms with van der Waals surface area (Å²) in [6, 6.07) is 1.67. The highest BCUT2D eigenvalue weighted by atomic mass is 35.5. The van der Waals surface area contributed by atoms with Crippen molar-refractivity contribution in [2.75, 3.05) is 18.5 Å². The fraction of sp³-hybridized carbons (Fsp3) is 0.455. The fourth-order valence-corrected chi connectivity index (χ4v) is 1.34. The molecule has 100 valence electrons. The van der Waals surface area contributed by atoms with E-state index in [1.807, 2.05) is 6.92 Å². The molecule has 0 atom stereocenters. The zero-order valence-electron chi connectivity index (χ0n) is 9.75. The SMILES string of the molecule is Cc1cnc(Cl)c(NC(=O)CCOCC(F)F)c1. The number of alkyl halides is 2. The van der Waals surface area contributed by atoms with Crippen LogP contribution in [0.25, 0.3) is 0 Å². The number of anilines is 1. The van der Waals surface area contributed by atoms with Gasteiger partial charge in [0.15, 0.2) is 5.15 Å². The van der Waals surface area contributed by atoms with Crippen molar-refractivity contribution in [1.29, 1.82) is 0 Å². The monoisotopic (exact) mass is 278 g/mol. The lowest BCUT2D eigenvalue weighted by atomic mass is 10.3. The molecule has 0 unspecified atom stereocenters. The van der Waals surface area contributed by atoms with Crippen LogP contribution in [0.5, 0.6) is 0 Å². The Labute approximate surface area is 108 Å². The minimum Gasteiger partial charge on any atom is -0.375 e. The topological polar surface area (TPSA) is 51.2 Å². The van der Waals surface area contributed by atoms with Gasteiger partial charge in [-0.3, -0.25) is 4.79 Å². The third kappa shape index (κ3) is 5.37. The molecule has 1 amide bonds. The van der Waals surface area contributed by atoms with Crippen molar-refractivity contribution in [1.82, 2.24) is 4.98 Å². The maximum Gasteiger partial charge on any atom is 0.261 e. The number of carbonyl (C=O) groups excluding carboxylic acids is 1. The number of amides is 1. The number of hydrogen-bond donors (Lipinski definition) is 1. The van der Waals surface area contributed by atoms with Crippen molar-refractivity contribution < 1.29 is 18.3 Å². The molecule has 1 N–H and O–H groups in total. The van der Waals surface area contributed by atoms with E-state index in [0.717, 1.165) is 5.56 Å². The van der Waals surface area contributed by atoms with Crippen LogP contribution >= 0.6 is 11.6 Å². The van der Waals surface area contributed by atoms with E-state index in [4.69, 9.17) is 11.6 Å². The van der Waals surface area contributed by atoms with Crippen molar-refractivity contribution in [3.8, 4) is 0 Å². The number of aryl methyl sites for hydroxylation is 1. The molecular weight excluding hydrogens is 266 g/mol. The van der Waals surface area contributed by atoms with E-state index in [1.54, 1.807) is 12.3 Å². The molecule has 0 radical (unpaired) electrons. The van der Waals surface area contributed by atoms with Crippen molar-refractivity contribution in [2.45, 2.75) is 19.8 Å². The molecule has 1 aromatic rings. The molecular formula is C11H13ClF2N2O2. The molecule has 0 saturated heterocycles. The van der Waals surface area contributed by atoms with Gasteiger partial charge in [-0.2, -0.15) is 0 Å². The molecule has 0 bridgehead atoms. The lowest BCUT2D eigenvalue weighted by Crippen LogP contribution is -2.16. The Bertz CT molecular complexity index is 416. The third-order valence-electron chi connectivity index (χ3n) is 1.97. The molecule has 4 nitrogen and oxygen atoms in total. The Morgan fingerprint density at radius 3 is 3.00 bits per heavy atom. The quantitative estimate of drug-likeness (QED) is 0.643. The largest absolute Gasteiger partial charge is 0.375 e. The second-order valence-electron chi connectivity index (χ2n) is 3.62. The molecule has 0 saturated carbocycles. The molecule has 1 heterocycles. The summed E-state index contributed by atoms with van der Waals surface area (Å²) in [6.45, 7) is 1.08. The highest BCUT2D eigenvalue weighted by molar-refractivity contribution is 6.32. The minimum absolute atomic E-state index is 0.0169. The number of ether oxygens (including phenoxy) is 1. The number of pyridine rings is 1. The van der Waals surface area contributed by atoms with Crippen LogP contribution in [0.1, 0.15) is 12.0 Å². The lowest BCUT2D eigenvalue weighted by Gasteiger charge is -2.07. The van der Waals surface area contributed by atoms with E-state index in [-0.39, 0.29) is 24.1 Å². The van der Waals surface area contributed by atoms with Gasteiger partial charge in [0.1, 0.15) is 6.61 Å². The van der Waals surface area contributed by atoms with E-state index in [0.29, 0.717) is 5.69 Å². The van der Waals surface area contributed by atoms with E-state index in [1.165, 1.54) is 0 Å². The fourth-order valence-electron chi connectivity index (χ4n) is 1.19. The van der Waals surface area contributed by atoms with Gasteiger partial charge in [-0.1, -0.05) is 11.6 Å². The van der Waals surface area contributed by atoms with Crippen molar-refractivity contribution >= 4 is 23.2 Å². The second-order valence-corrected chi connectivity index (χ2v) is 3.97. The predicted molar refractivity (Wildman–Crippen MR) is 64.1 cm³/mol. The van der Waals surface area contributed by atoms with Crippen LogP contribution in [0.4, 0.5) is 14.5 Å². The van der Waals surface area contributed by atoms with E-state index in [2.05, 4.69) is 15.0 Å². The molecule has 0 fully saturated rings. The first-order valence-electron chi connectivity index (χ1n) is 5.27. The summed E-state index contributed by atoms with van der Waals surface area (Å²) in [7, 11) is 0. The maximum absolute atomic E-state index is 11.8. The summed E-state index contributed by atoms with van der Waals surface area (Å²) in [5, 5.41) is 2.72. The van der Waals surface area contributed by atoms with Gasteiger partial charge < -0.3 is 10.1 Å². The highest BCUT2D eigenvalue weighted by Gasteiger charge is 2.08. The standard InChI is InChI=1S/C11H13ClF2N2O2/c1-7-4-8(11(12)15-5-7)16-10(17)2-3-18-6-9(13)14/h4-5,9H,2-3,6H2,1H3,(H,16,17). The number of nitrogens with zero attached hydrogens (tertiary/aromatic N) is 1. The van der Waals surface area contributed by atoms with Crippen LogP contribution in [0, 0.1) is 6.92 Å². The Hall–Kier alpha value is -1.27. The smallest absolute Gasteiger partial charge is 0.261 e. The molecule has 1 aromatic heterocycles. The number of halogens is 3. The molecule has 0 aliphatic heterocycles. The van der Waals surface area contributed by atoms with Gasteiger partial charge >= 0.3 is 0 Å². The summed E-state index contributed by atoms with van der Waals surface area (Å²) in [4.78, 5) is 15.3. The predicted octanol–water partition coefficient (Wildman–Crippen LogP) is 2.65. The zero-order chi connectivity index (χ0) is 13.5.